The molecular formula is C25H25N3O6. The molecule has 34 heavy (non-hydrogen) atoms. The van der Waals surface area contributed by atoms with Gasteiger partial charge < -0.3 is 18.9 Å². The van der Waals surface area contributed by atoms with E-state index in [0.717, 1.165) is 11.3 Å². The Morgan fingerprint density at radius 2 is 1.62 bits per heavy atom. The highest BCUT2D eigenvalue weighted by molar-refractivity contribution is 6.04. The molecule has 9 heteroatoms. The number of methoxy groups -OCH3 is 4. The third-order valence-electron chi connectivity index (χ3n) is 5.78. The number of carbonyl (C=O) groups is 2. The van der Waals surface area contributed by atoms with Gasteiger partial charge in [0.2, 0.25) is 11.7 Å². The fraction of sp³-hybridized carbons (Fsp3) is 0.280. The van der Waals surface area contributed by atoms with Gasteiger partial charge in [0, 0.05) is 18.2 Å². The van der Waals surface area contributed by atoms with E-state index in [0.29, 0.717) is 41.3 Å². The molecule has 0 radical (unpaired) electrons. The van der Waals surface area contributed by atoms with E-state index < -0.39 is 5.91 Å². The lowest BCUT2D eigenvalue weighted by atomic mass is 9.82. The number of nitrogens with zero attached hydrogens (tertiary/aromatic N) is 2. The minimum Gasteiger partial charge on any atom is -0.497 e. The number of fused-ring (bicyclic) bond motifs is 1. The standard InChI is InChI=1S/C25H25N3O6/c1-31-17-7-5-14(6-8-17)15-9-19-18(20(29)10-15)13-26-25(27-19)28-24(30)16-11-21(32-2)23(34-4)22(12-16)33-3/h5-8,11-13,15H,9-10H2,1-4H3,(H,26,27,28,30)/t15-/m1/s1. The van der Waals surface area contributed by atoms with Gasteiger partial charge in [-0.1, -0.05) is 12.1 Å². The van der Waals surface area contributed by atoms with Crippen molar-refractivity contribution in [3.8, 4) is 23.0 Å². The minimum atomic E-state index is -0.451. The molecule has 1 heterocycles. The van der Waals surface area contributed by atoms with Gasteiger partial charge in [0.15, 0.2) is 17.3 Å². The van der Waals surface area contributed by atoms with E-state index in [1.807, 2.05) is 24.3 Å². The Labute approximate surface area is 197 Å². The monoisotopic (exact) mass is 463 g/mol. The van der Waals surface area contributed by atoms with Crippen LogP contribution in [-0.2, 0) is 6.42 Å². The number of carbonyl (C=O) groups excluding carboxylic acids is 2. The average molecular weight is 463 g/mol. The van der Waals surface area contributed by atoms with Crippen LogP contribution in [0, 0.1) is 0 Å². The zero-order valence-corrected chi connectivity index (χ0v) is 19.4. The van der Waals surface area contributed by atoms with E-state index in [-0.39, 0.29) is 23.2 Å². The number of hydrogen-bond acceptors (Lipinski definition) is 8. The molecule has 1 aliphatic rings. The summed E-state index contributed by atoms with van der Waals surface area (Å²) in [4.78, 5) is 34.3. The topological polar surface area (TPSA) is 109 Å². The van der Waals surface area contributed by atoms with Crippen LogP contribution < -0.4 is 24.3 Å². The summed E-state index contributed by atoms with van der Waals surface area (Å²) in [5.74, 6) is 1.47. The van der Waals surface area contributed by atoms with E-state index in [4.69, 9.17) is 18.9 Å². The van der Waals surface area contributed by atoms with E-state index in [1.165, 1.54) is 27.5 Å². The summed E-state index contributed by atoms with van der Waals surface area (Å²) in [6.45, 7) is 0. The Kier molecular flexibility index (Phi) is 6.62. The first-order valence-corrected chi connectivity index (χ1v) is 10.6. The first-order valence-electron chi connectivity index (χ1n) is 10.6. The van der Waals surface area contributed by atoms with Gasteiger partial charge in [-0.05, 0) is 42.2 Å². The van der Waals surface area contributed by atoms with Gasteiger partial charge in [0.25, 0.3) is 5.91 Å². The highest BCUT2D eigenvalue weighted by Crippen LogP contribution is 2.38. The molecule has 4 rings (SSSR count). The Balaban J connectivity index is 1.57. The molecule has 0 saturated heterocycles. The van der Waals surface area contributed by atoms with Crippen molar-refractivity contribution in [2.75, 3.05) is 33.8 Å². The van der Waals surface area contributed by atoms with E-state index in [9.17, 15) is 9.59 Å². The van der Waals surface area contributed by atoms with Gasteiger partial charge in [0.1, 0.15) is 5.75 Å². The molecule has 0 unspecified atom stereocenters. The van der Waals surface area contributed by atoms with Gasteiger partial charge in [-0.3, -0.25) is 14.9 Å². The normalized spacial score (nSPS) is 14.7. The van der Waals surface area contributed by atoms with Crippen molar-refractivity contribution in [1.29, 1.82) is 0 Å². The fourth-order valence-electron chi connectivity index (χ4n) is 4.00. The molecule has 0 bridgehead atoms. The third kappa shape index (κ3) is 4.50. The van der Waals surface area contributed by atoms with Crippen molar-refractivity contribution in [1.82, 2.24) is 9.97 Å². The lowest BCUT2D eigenvalue weighted by Gasteiger charge is -2.23. The number of ether oxygens (including phenoxy) is 4. The maximum atomic E-state index is 12.9. The lowest BCUT2D eigenvalue weighted by molar-refractivity contribution is 0.0962. The van der Waals surface area contributed by atoms with Crippen molar-refractivity contribution in [3.63, 3.8) is 0 Å². The van der Waals surface area contributed by atoms with Gasteiger partial charge in [-0.25, -0.2) is 9.97 Å². The Bertz CT molecular complexity index is 1200. The third-order valence-corrected chi connectivity index (χ3v) is 5.78. The van der Waals surface area contributed by atoms with Crippen LogP contribution in [0.3, 0.4) is 0 Å². The second-order valence-corrected chi connectivity index (χ2v) is 7.72. The van der Waals surface area contributed by atoms with Crippen molar-refractivity contribution < 1.29 is 28.5 Å². The number of Topliss-reactive ketones (excluding diaryl/α,β-unsaturated/α-hetero) is 1. The molecule has 1 aliphatic carbocycles. The maximum Gasteiger partial charge on any atom is 0.258 e. The van der Waals surface area contributed by atoms with Crippen molar-refractivity contribution in [3.05, 3.63) is 65.0 Å². The first kappa shape index (κ1) is 23.0. The molecule has 3 aromatic rings. The van der Waals surface area contributed by atoms with Gasteiger partial charge in [-0.2, -0.15) is 0 Å². The number of benzene rings is 2. The quantitative estimate of drug-likeness (QED) is 0.565. The maximum absolute atomic E-state index is 12.9. The van der Waals surface area contributed by atoms with Crippen LogP contribution in [0.4, 0.5) is 5.95 Å². The Hall–Kier alpha value is -4.14. The fourth-order valence-corrected chi connectivity index (χ4v) is 4.00. The molecule has 1 atom stereocenters. The molecule has 1 amide bonds. The summed E-state index contributed by atoms with van der Waals surface area (Å²) >= 11 is 0. The number of ketones is 1. The number of aromatic nitrogens is 2. The second kappa shape index (κ2) is 9.78. The molecule has 0 saturated carbocycles. The summed E-state index contributed by atoms with van der Waals surface area (Å²) in [6.07, 6.45) is 2.41. The molecule has 2 aromatic carbocycles. The number of nitrogens with one attached hydrogen (secondary N) is 1. The van der Waals surface area contributed by atoms with Gasteiger partial charge in [-0.15, -0.1) is 0 Å². The van der Waals surface area contributed by atoms with Crippen molar-refractivity contribution in [2.24, 2.45) is 0 Å². The molecule has 0 spiro atoms. The van der Waals surface area contributed by atoms with Crippen molar-refractivity contribution >= 4 is 17.6 Å². The van der Waals surface area contributed by atoms with E-state index in [1.54, 1.807) is 19.2 Å². The van der Waals surface area contributed by atoms with Crippen LogP contribution >= 0.6 is 0 Å². The van der Waals surface area contributed by atoms with Crippen LogP contribution in [0.2, 0.25) is 0 Å². The number of rotatable bonds is 7. The zero-order valence-electron chi connectivity index (χ0n) is 19.4. The summed E-state index contributed by atoms with van der Waals surface area (Å²) < 4.78 is 21.1. The smallest absolute Gasteiger partial charge is 0.258 e. The molecular weight excluding hydrogens is 438 g/mol. The highest BCUT2D eigenvalue weighted by atomic mass is 16.5. The van der Waals surface area contributed by atoms with E-state index >= 15 is 0 Å². The second-order valence-electron chi connectivity index (χ2n) is 7.72. The predicted molar refractivity (Wildman–Crippen MR) is 124 cm³/mol. The summed E-state index contributed by atoms with van der Waals surface area (Å²) in [5.41, 5.74) is 2.40. The van der Waals surface area contributed by atoms with Crippen LogP contribution in [0.25, 0.3) is 0 Å². The highest BCUT2D eigenvalue weighted by Gasteiger charge is 2.28. The van der Waals surface area contributed by atoms with Gasteiger partial charge in [0.05, 0.1) is 39.7 Å². The zero-order chi connectivity index (χ0) is 24.2. The predicted octanol–water partition coefficient (Wildman–Crippen LogP) is 3.68. The van der Waals surface area contributed by atoms with Crippen molar-refractivity contribution in [2.45, 2.75) is 18.8 Å². The van der Waals surface area contributed by atoms with Gasteiger partial charge >= 0.3 is 0 Å². The number of amides is 1. The number of hydrogen-bond donors (Lipinski definition) is 1. The summed E-state index contributed by atoms with van der Waals surface area (Å²) in [5, 5.41) is 2.69. The molecule has 1 N–H and O–H groups in total. The van der Waals surface area contributed by atoms with E-state index in [2.05, 4.69) is 15.3 Å². The largest absolute Gasteiger partial charge is 0.497 e. The molecule has 176 valence electrons. The average Bonchev–Trinajstić information content (AvgIpc) is 2.87. The molecule has 1 aromatic heterocycles. The summed E-state index contributed by atoms with van der Waals surface area (Å²) in [7, 11) is 6.05. The SMILES string of the molecule is COc1ccc([C@H]2CC(=O)c3cnc(NC(=O)c4cc(OC)c(OC)c(OC)c4)nc3C2)cc1. The molecule has 0 aliphatic heterocycles. The lowest BCUT2D eigenvalue weighted by Crippen LogP contribution is -2.22. The summed E-state index contributed by atoms with van der Waals surface area (Å²) in [6, 6.07) is 10.7. The van der Waals surface area contributed by atoms with Crippen LogP contribution in [0.15, 0.2) is 42.6 Å². The van der Waals surface area contributed by atoms with Crippen LogP contribution in [0.1, 0.15) is 44.3 Å². The molecule has 9 nitrogen and oxygen atoms in total. The molecule has 0 fully saturated rings. The number of anilines is 1. The Morgan fingerprint density at radius 3 is 2.21 bits per heavy atom. The Morgan fingerprint density at radius 1 is 0.941 bits per heavy atom. The minimum absolute atomic E-state index is 0.0144. The van der Waals surface area contributed by atoms with Crippen LogP contribution in [0.5, 0.6) is 23.0 Å². The van der Waals surface area contributed by atoms with Crippen LogP contribution in [-0.4, -0.2) is 50.1 Å². The first-order chi connectivity index (χ1) is 16.5.